The summed E-state index contributed by atoms with van der Waals surface area (Å²) in [5, 5.41) is 4.91. The highest BCUT2D eigenvalue weighted by molar-refractivity contribution is 6.34. The van der Waals surface area contributed by atoms with Gasteiger partial charge in [0.25, 0.3) is 5.91 Å². The van der Waals surface area contributed by atoms with E-state index in [0.29, 0.717) is 29.7 Å². The van der Waals surface area contributed by atoms with Crippen molar-refractivity contribution in [1.82, 2.24) is 14.8 Å². The summed E-state index contributed by atoms with van der Waals surface area (Å²) >= 11 is 6.83. The van der Waals surface area contributed by atoms with Gasteiger partial charge in [-0.05, 0) is 62.6 Å². The summed E-state index contributed by atoms with van der Waals surface area (Å²) in [7, 11) is 0. The molecule has 256 valence electrons. The Bertz CT molecular complexity index is 1830. The van der Waals surface area contributed by atoms with Gasteiger partial charge in [-0.25, -0.2) is 24.3 Å². The lowest BCUT2D eigenvalue weighted by Gasteiger charge is -2.37. The van der Waals surface area contributed by atoms with Gasteiger partial charge in [0, 0.05) is 17.9 Å². The maximum absolute atomic E-state index is 14.0. The first-order chi connectivity index (χ1) is 23.6. The molecule has 12 nitrogen and oxygen atoms in total. The number of benzene rings is 2. The first-order valence-electron chi connectivity index (χ1n) is 16.5. The molecule has 0 N–H and O–H groups in total. The molecule has 13 heteroatoms. The van der Waals surface area contributed by atoms with Crippen LogP contribution in [0.5, 0.6) is 0 Å². The summed E-state index contributed by atoms with van der Waals surface area (Å²) in [6.45, 7) is 18.8. The first kappa shape index (κ1) is 34.3. The minimum absolute atomic E-state index is 0.0133. The predicted octanol–water partition coefficient (Wildman–Crippen LogP) is 6.52. The second kappa shape index (κ2) is 14.1. The van der Waals surface area contributed by atoms with Crippen LogP contribution in [0.2, 0.25) is 5.02 Å². The molecular weight excluding hydrogens is 648 g/mol. The van der Waals surface area contributed by atoms with Crippen LogP contribution in [0.3, 0.4) is 0 Å². The fraction of sp³-hybridized carbons (Fsp3) is 0.444. The number of halogens is 1. The number of carbonyl (C=O) groups is 2. The van der Waals surface area contributed by atoms with Crippen molar-refractivity contribution in [1.29, 1.82) is 0 Å². The molecule has 6 rings (SSSR count). The standard InChI is InChI=1S/C36H39ClN6O6/c1-7-46-28(44)19-42(36(20-48-36)47-8-2)25-14-15-27(26(37)18-25)39-34-30(38-6)29(35(45)49-31-22(4)16-21(3)17-23(31)5)33-40-32(41-43(33)34)24-12-10-9-11-13-24/h9-15,18,21-23,31H,7-8,16-17,19-20H2,1-5H3. The van der Waals surface area contributed by atoms with Crippen molar-refractivity contribution < 1.29 is 28.5 Å². The van der Waals surface area contributed by atoms with Gasteiger partial charge in [-0.3, -0.25) is 4.79 Å². The number of esters is 2. The van der Waals surface area contributed by atoms with Gasteiger partial charge in [0.05, 0.1) is 23.9 Å². The van der Waals surface area contributed by atoms with Crippen LogP contribution in [0.4, 0.5) is 11.4 Å². The van der Waals surface area contributed by atoms with Crippen molar-refractivity contribution in [3.05, 3.63) is 76.5 Å². The van der Waals surface area contributed by atoms with Crippen LogP contribution in [0.25, 0.3) is 21.8 Å². The molecule has 49 heavy (non-hydrogen) atoms. The van der Waals surface area contributed by atoms with Gasteiger partial charge in [0.2, 0.25) is 5.70 Å². The number of hydrogen-bond acceptors (Lipinski definition) is 10. The molecule has 2 aliphatic heterocycles. The van der Waals surface area contributed by atoms with Gasteiger partial charge in [-0.1, -0.05) is 62.7 Å². The van der Waals surface area contributed by atoms with Gasteiger partial charge in [0.1, 0.15) is 24.8 Å². The van der Waals surface area contributed by atoms with Gasteiger partial charge in [-0.15, -0.1) is 5.10 Å². The third kappa shape index (κ3) is 6.84. The quantitative estimate of drug-likeness (QED) is 0.0959. The largest absolute Gasteiger partial charge is 0.465 e. The highest BCUT2D eigenvalue weighted by Crippen LogP contribution is 2.41. The van der Waals surface area contributed by atoms with Crippen LogP contribution < -0.4 is 4.90 Å². The fourth-order valence-corrected chi connectivity index (χ4v) is 7.09. The molecular formula is C36H39ClN6O6. The zero-order valence-electron chi connectivity index (χ0n) is 28.2. The van der Waals surface area contributed by atoms with Gasteiger partial charge < -0.3 is 23.8 Å². The molecule has 3 aromatic rings. The van der Waals surface area contributed by atoms with Gasteiger partial charge in [-0.2, -0.15) is 0 Å². The number of anilines is 1. The van der Waals surface area contributed by atoms with E-state index in [9.17, 15) is 9.59 Å². The Labute approximate surface area is 290 Å². The number of nitrogens with zero attached hydrogens (tertiary/aromatic N) is 6. The average molecular weight is 687 g/mol. The van der Waals surface area contributed by atoms with Crippen molar-refractivity contribution in [2.24, 2.45) is 22.7 Å². The molecule has 3 aliphatic rings. The predicted molar refractivity (Wildman–Crippen MR) is 184 cm³/mol. The van der Waals surface area contributed by atoms with Crippen LogP contribution in [0, 0.1) is 24.3 Å². The highest BCUT2D eigenvalue weighted by Gasteiger charge is 2.53. The number of carbonyl (C=O) groups excluding carboxylic acids is 2. The molecule has 3 unspecified atom stereocenters. The molecule has 0 amide bonds. The zero-order chi connectivity index (χ0) is 34.9. The van der Waals surface area contributed by atoms with E-state index in [1.54, 1.807) is 30.0 Å². The van der Waals surface area contributed by atoms with Crippen LogP contribution in [0.15, 0.2) is 59.2 Å². The van der Waals surface area contributed by atoms with E-state index in [-0.39, 0.29) is 65.7 Å². The number of epoxide rings is 1. The van der Waals surface area contributed by atoms with E-state index in [4.69, 9.17) is 47.1 Å². The average Bonchev–Trinajstić information content (AvgIpc) is 3.62. The summed E-state index contributed by atoms with van der Waals surface area (Å²) in [6, 6.07) is 14.4. The lowest BCUT2D eigenvalue weighted by atomic mass is 9.75. The summed E-state index contributed by atoms with van der Waals surface area (Å²) in [6.07, 6.45) is 1.59. The Morgan fingerprint density at radius 3 is 2.45 bits per heavy atom. The van der Waals surface area contributed by atoms with Crippen LogP contribution >= 0.6 is 11.6 Å². The number of aliphatic imine (C=N–C) groups is 1. The molecule has 1 aromatic heterocycles. The number of hydrogen-bond donors (Lipinski definition) is 0. The van der Waals surface area contributed by atoms with Crippen molar-refractivity contribution in [3.63, 3.8) is 0 Å². The molecule has 3 atom stereocenters. The summed E-state index contributed by atoms with van der Waals surface area (Å²) in [5.74, 6) is -0.698. The minimum atomic E-state index is -1.12. The van der Waals surface area contributed by atoms with Crippen LogP contribution in [-0.2, 0) is 28.5 Å². The zero-order valence-corrected chi connectivity index (χ0v) is 28.9. The highest BCUT2D eigenvalue weighted by atomic mass is 35.5. The molecule has 1 saturated heterocycles. The van der Waals surface area contributed by atoms with Gasteiger partial charge >= 0.3 is 11.9 Å². The number of aromatic nitrogens is 3. The Kier molecular flexibility index (Phi) is 9.88. The Morgan fingerprint density at radius 2 is 1.84 bits per heavy atom. The van der Waals surface area contributed by atoms with Crippen LogP contribution in [-0.4, -0.2) is 70.9 Å². The van der Waals surface area contributed by atoms with E-state index in [1.165, 1.54) is 4.68 Å². The maximum Gasteiger partial charge on any atom is 0.331 e. The SMILES string of the molecule is [C-]#[N+]C1=C(C(=O)OC2C(C)CC(C)CC2C)c2nc(-c3ccccc3)nn2C1=Nc1ccc(N(CC(=O)OCC)C2(OCC)CO2)cc1Cl. The first-order valence-corrected chi connectivity index (χ1v) is 16.9. The van der Waals surface area contributed by atoms with E-state index in [1.807, 2.05) is 37.3 Å². The van der Waals surface area contributed by atoms with Crippen molar-refractivity contribution in [3.8, 4) is 11.4 Å². The molecule has 2 aromatic carbocycles. The van der Waals surface area contributed by atoms with E-state index >= 15 is 0 Å². The Morgan fingerprint density at radius 1 is 1.12 bits per heavy atom. The smallest absolute Gasteiger partial charge is 0.331 e. The number of rotatable bonds is 11. The van der Waals surface area contributed by atoms with Gasteiger partial charge in [0.15, 0.2) is 17.5 Å². The lowest BCUT2D eigenvalue weighted by molar-refractivity contribution is -0.150. The summed E-state index contributed by atoms with van der Waals surface area (Å²) < 4.78 is 24.2. The minimum Gasteiger partial charge on any atom is -0.465 e. The van der Waals surface area contributed by atoms with Crippen LogP contribution in [0.1, 0.15) is 53.3 Å². The van der Waals surface area contributed by atoms with Crippen molar-refractivity contribution in [2.75, 3.05) is 31.3 Å². The number of allylic oxidation sites excluding steroid dienone is 1. The molecule has 0 bridgehead atoms. The Hall–Kier alpha value is -4.57. The van der Waals surface area contributed by atoms with Crippen molar-refractivity contribution >= 4 is 46.3 Å². The molecule has 3 heterocycles. The maximum atomic E-state index is 14.0. The number of fused-ring (bicyclic) bond motifs is 1. The van der Waals surface area contributed by atoms with E-state index < -0.39 is 17.8 Å². The third-order valence-corrected chi connectivity index (χ3v) is 9.28. The monoisotopic (exact) mass is 686 g/mol. The van der Waals surface area contributed by atoms with E-state index in [2.05, 4.69) is 30.7 Å². The number of ether oxygens (including phenoxy) is 4. The molecule has 0 spiro atoms. The molecule has 1 saturated carbocycles. The lowest BCUT2D eigenvalue weighted by Crippen LogP contribution is -2.44. The van der Waals surface area contributed by atoms with Crippen molar-refractivity contribution in [2.45, 2.75) is 59.5 Å². The third-order valence-electron chi connectivity index (χ3n) is 8.98. The summed E-state index contributed by atoms with van der Waals surface area (Å²) in [4.78, 5) is 41.4. The second-order valence-electron chi connectivity index (χ2n) is 12.7. The van der Waals surface area contributed by atoms with E-state index in [0.717, 1.165) is 18.4 Å². The normalized spacial score (nSPS) is 25.1. The second-order valence-corrected chi connectivity index (χ2v) is 13.1. The Balaban J connectivity index is 1.40. The topological polar surface area (TPSA) is 125 Å². The molecule has 2 fully saturated rings. The fourth-order valence-electron chi connectivity index (χ4n) is 6.87. The molecule has 1 aliphatic carbocycles. The molecule has 0 radical (unpaired) electrons. The summed E-state index contributed by atoms with van der Waals surface area (Å²) in [5.41, 5.74) is 1.57.